The number of nitrogens with one attached hydrogen (secondary N) is 1. The molecule has 2 aromatic carbocycles. The lowest BCUT2D eigenvalue weighted by molar-refractivity contribution is 0.475. The first-order valence-electron chi connectivity index (χ1n) is 7.17. The molecule has 0 saturated heterocycles. The van der Waals surface area contributed by atoms with Crippen LogP contribution in [-0.4, -0.2) is 19.6 Å². The topological polar surface area (TPSA) is 70.9 Å². The molecule has 5 nitrogen and oxygen atoms in total. The molecule has 4 rings (SSSR count). The van der Waals surface area contributed by atoms with Crippen molar-refractivity contribution in [2.75, 3.05) is 0 Å². The van der Waals surface area contributed by atoms with Crippen molar-refractivity contribution in [3.05, 3.63) is 77.5 Å². The molecule has 0 radical (unpaired) electrons. The van der Waals surface area contributed by atoms with Gasteiger partial charge in [-0.2, -0.15) is 0 Å². The average Bonchev–Trinajstić information content (AvgIpc) is 2.97. The fourth-order valence-corrected chi connectivity index (χ4v) is 2.72. The van der Waals surface area contributed by atoms with Crippen LogP contribution in [-0.2, 0) is 0 Å². The number of hydrogen-bond acceptors (Lipinski definition) is 3. The van der Waals surface area contributed by atoms with Crippen LogP contribution in [0.25, 0.3) is 27.8 Å². The number of phenolic OH excluding ortho intramolecular Hbond substituents is 1. The highest BCUT2D eigenvalue weighted by atomic mass is 16.3. The molecule has 23 heavy (non-hydrogen) atoms. The predicted octanol–water partition coefficient (Wildman–Crippen LogP) is 3.09. The van der Waals surface area contributed by atoms with E-state index in [9.17, 15) is 9.90 Å². The van der Waals surface area contributed by atoms with Crippen molar-refractivity contribution in [1.29, 1.82) is 0 Å². The van der Waals surface area contributed by atoms with Crippen LogP contribution in [0.1, 0.15) is 0 Å². The van der Waals surface area contributed by atoms with Crippen LogP contribution in [0.5, 0.6) is 5.75 Å². The standard InChI is InChI=1S/C18H13N3O2/c22-14-8-6-12(7-9-14)15-10-21(13-4-2-1-3-5-13)17-16(15)18(23)20-11-19-17/h1-11,22H,(H,19,20,23). The maximum Gasteiger partial charge on any atom is 0.260 e. The Labute approximate surface area is 131 Å². The minimum atomic E-state index is -0.187. The van der Waals surface area contributed by atoms with Crippen LogP contribution in [0.4, 0.5) is 0 Å². The normalized spacial score (nSPS) is 11.0. The molecule has 112 valence electrons. The SMILES string of the molecule is O=c1[nH]cnc2c1c(-c1ccc(O)cc1)cn2-c1ccccc1. The largest absolute Gasteiger partial charge is 0.508 e. The molecule has 0 spiro atoms. The molecule has 0 unspecified atom stereocenters. The molecular formula is C18H13N3O2. The summed E-state index contributed by atoms with van der Waals surface area (Å²) in [7, 11) is 0. The molecule has 0 saturated carbocycles. The number of nitrogens with zero attached hydrogens (tertiary/aromatic N) is 2. The summed E-state index contributed by atoms with van der Waals surface area (Å²) in [6.45, 7) is 0. The molecule has 0 atom stereocenters. The van der Waals surface area contributed by atoms with E-state index >= 15 is 0 Å². The summed E-state index contributed by atoms with van der Waals surface area (Å²) < 4.78 is 1.90. The fourth-order valence-electron chi connectivity index (χ4n) is 2.72. The van der Waals surface area contributed by atoms with Gasteiger partial charge < -0.3 is 14.7 Å². The Morgan fingerprint density at radius 2 is 1.74 bits per heavy atom. The van der Waals surface area contributed by atoms with Gasteiger partial charge in [-0.25, -0.2) is 4.98 Å². The molecule has 0 aliphatic rings. The summed E-state index contributed by atoms with van der Waals surface area (Å²) in [6, 6.07) is 16.5. The van der Waals surface area contributed by atoms with Crippen molar-refractivity contribution in [3.8, 4) is 22.6 Å². The number of aromatic amines is 1. The van der Waals surface area contributed by atoms with E-state index in [0.717, 1.165) is 16.8 Å². The highest BCUT2D eigenvalue weighted by Crippen LogP contribution is 2.30. The van der Waals surface area contributed by atoms with Crippen molar-refractivity contribution in [2.45, 2.75) is 0 Å². The first-order valence-corrected chi connectivity index (χ1v) is 7.17. The number of para-hydroxylation sites is 1. The van der Waals surface area contributed by atoms with Gasteiger partial charge in [0.05, 0.1) is 11.7 Å². The zero-order chi connectivity index (χ0) is 15.8. The zero-order valence-corrected chi connectivity index (χ0v) is 12.1. The van der Waals surface area contributed by atoms with Crippen LogP contribution in [0.3, 0.4) is 0 Å². The molecule has 5 heteroatoms. The van der Waals surface area contributed by atoms with E-state index in [1.165, 1.54) is 6.33 Å². The van der Waals surface area contributed by atoms with Gasteiger partial charge in [0.15, 0.2) is 5.65 Å². The Kier molecular flexibility index (Phi) is 2.98. The first-order chi connectivity index (χ1) is 11.2. The third-order valence-electron chi connectivity index (χ3n) is 3.80. The van der Waals surface area contributed by atoms with Crippen LogP contribution in [0.15, 0.2) is 71.9 Å². The number of phenols is 1. The lowest BCUT2D eigenvalue weighted by atomic mass is 10.1. The van der Waals surface area contributed by atoms with Gasteiger partial charge in [0, 0.05) is 17.4 Å². The summed E-state index contributed by atoms with van der Waals surface area (Å²) in [5, 5.41) is 10.00. The van der Waals surface area contributed by atoms with Gasteiger partial charge in [0.1, 0.15) is 5.75 Å². The van der Waals surface area contributed by atoms with E-state index < -0.39 is 0 Å². The van der Waals surface area contributed by atoms with E-state index in [-0.39, 0.29) is 11.3 Å². The number of H-pyrrole nitrogens is 1. The van der Waals surface area contributed by atoms with Gasteiger partial charge in [-0.1, -0.05) is 30.3 Å². The Morgan fingerprint density at radius 3 is 2.48 bits per heavy atom. The first kappa shape index (κ1) is 13.3. The minimum absolute atomic E-state index is 0.187. The van der Waals surface area contributed by atoms with Crippen molar-refractivity contribution in [3.63, 3.8) is 0 Å². The Balaban J connectivity index is 2.06. The van der Waals surface area contributed by atoms with E-state index in [1.807, 2.05) is 41.1 Å². The smallest absolute Gasteiger partial charge is 0.260 e. The third kappa shape index (κ3) is 2.19. The van der Waals surface area contributed by atoms with Crippen molar-refractivity contribution in [1.82, 2.24) is 14.5 Å². The Hall–Kier alpha value is -3.34. The van der Waals surface area contributed by atoms with Crippen molar-refractivity contribution in [2.24, 2.45) is 0 Å². The third-order valence-corrected chi connectivity index (χ3v) is 3.80. The van der Waals surface area contributed by atoms with Gasteiger partial charge in [0.25, 0.3) is 5.56 Å². The molecule has 0 bridgehead atoms. The number of fused-ring (bicyclic) bond motifs is 1. The second-order valence-corrected chi connectivity index (χ2v) is 5.23. The molecule has 0 amide bonds. The van der Waals surface area contributed by atoms with Gasteiger partial charge in [-0.3, -0.25) is 4.79 Å². The maximum absolute atomic E-state index is 12.3. The highest BCUT2D eigenvalue weighted by Gasteiger charge is 2.15. The minimum Gasteiger partial charge on any atom is -0.508 e. The number of aromatic hydroxyl groups is 1. The Bertz CT molecular complexity index is 1030. The monoisotopic (exact) mass is 303 g/mol. The second-order valence-electron chi connectivity index (χ2n) is 5.23. The molecule has 2 heterocycles. The van der Waals surface area contributed by atoms with Crippen LogP contribution < -0.4 is 5.56 Å². The van der Waals surface area contributed by atoms with E-state index in [1.54, 1.807) is 24.3 Å². The summed E-state index contributed by atoms with van der Waals surface area (Å²) in [5.74, 6) is 0.188. The number of hydrogen-bond donors (Lipinski definition) is 2. The van der Waals surface area contributed by atoms with Crippen LogP contribution in [0, 0.1) is 0 Å². The van der Waals surface area contributed by atoms with Gasteiger partial charge in [-0.05, 0) is 29.8 Å². The van der Waals surface area contributed by atoms with Crippen molar-refractivity contribution >= 4 is 11.0 Å². The molecule has 0 aliphatic carbocycles. The molecule has 0 aliphatic heterocycles. The molecular weight excluding hydrogens is 290 g/mol. The average molecular weight is 303 g/mol. The van der Waals surface area contributed by atoms with Crippen LogP contribution >= 0.6 is 0 Å². The lowest BCUT2D eigenvalue weighted by Crippen LogP contribution is -2.07. The fraction of sp³-hybridized carbons (Fsp3) is 0. The van der Waals surface area contributed by atoms with Gasteiger partial charge in [-0.15, -0.1) is 0 Å². The zero-order valence-electron chi connectivity index (χ0n) is 12.1. The molecule has 2 aromatic heterocycles. The second kappa shape index (κ2) is 5.14. The van der Waals surface area contributed by atoms with E-state index in [0.29, 0.717) is 11.0 Å². The summed E-state index contributed by atoms with van der Waals surface area (Å²) >= 11 is 0. The van der Waals surface area contributed by atoms with E-state index in [2.05, 4.69) is 9.97 Å². The summed E-state index contributed by atoms with van der Waals surface area (Å²) in [4.78, 5) is 19.3. The number of aromatic nitrogens is 3. The highest BCUT2D eigenvalue weighted by molar-refractivity contribution is 5.94. The van der Waals surface area contributed by atoms with E-state index in [4.69, 9.17) is 0 Å². The predicted molar refractivity (Wildman–Crippen MR) is 88.8 cm³/mol. The number of rotatable bonds is 2. The summed E-state index contributed by atoms with van der Waals surface area (Å²) in [5.41, 5.74) is 2.97. The molecule has 2 N–H and O–H groups in total. The van der Waals surface area contributed by atoms with Crippen LogP contribution in [0.2, 0.25) is 0 Å². The maximum atomic E-state index is 12.3. The Morgan fingerprint density at radius 1 is 1.00 bits per heavy atom. The lowest BCUT2D eigenvalue weighted by Gasteiger charge is -2.03. The molecule has 0 fully saturated rings. The molecule has 4 aromatic rings. The van der Waals surface area contributed by atoms with Crippen molar-refractivity contribution < 1.29 is 5.11 Å². The number of benzene rings is 2. The quantitative estimate of drug-likeness (QED) is 0.598. The summed E-state index contributed by atoms with van der Waals surface area (Å²) in [6.07, 6.45) is 3.30. The van der Waals surface area contributed by atoms with Gasteiger partial charge >= 0.3 is 0 Å². The van der Waals surface area contributed by atoms with Gasteiger partial charge in [0.2, 0.25) is 0 Å².